The predicted molar refractivity (Wildman–Crippen MR) is 134 cm³/mol. The van der Waals surface area contributed by atoms with Crippen LogP contribution in [-0.4, -0.2) is 23.4 Å². The van der Waals surface area contributed by atoms with Crippen LogP contribution in [0.25, 0.3) is 5.76 Å². The van der Waals surface area contributed by atoms with E-state index in [0.717, 1.165) is 16.7 Å². The maximum absolute atomic E-state index is 13.3. The molecule has 1 aliphatic rings. The van der Waals surface area contributed by atoms with Gasteiger partial charge in [-0.15, -0.1) is 0 Å². The summed E-state index contributed by atoms with van der Waals surface area (Å²) in [5.74, 6) is -0.622. The first-order chi connectivity index (χ1) is 16.3. The van der Waals surface area contributed by atoms with Crippen LogP contribution in [0.5, 0.6) is 5.75 Å². The number of benzene rings is 3. The number of anilines is 1. The van der Waals surface area contributed by atoms with E-state index < -0.39 is 17.7 Å². The normalized spacial score (nSPS) is 17.4. The minimum Gasteiger partial charge on any atom is -0.507 e. The molecular formula is C29H29NO4. The number of carbonyl (C=O) groups is 2. The van der Waals surface area contributed by atoms with Crippen LogP contribution in [0, 0.1) is 6.92 Å². The van der Waals surface area contributed by atoms with Gasteiger partial charge in [-0.2, -0.15) is 0 Å². The molecule has 0 aliphatic carbocycles. The second-order valence-electron chi connectivity index (χ2n) is 8.79. The largest absolute Gasteiger partial charge is 0.507 e. The van der Waals surface area contributed by atoms with Crippen molar-refractivity contribution in [2.75, 3.05) is 11.5 Å². The number of rotatable bonds is 6. The minimum absolute atomic E-state index is 0.0768. The molecule has 0 saturated carbocycles. The Kier molecular flexibility index (Phi) is 6.55. The molecule has 0 aromatic heterocycles. The summed E-state index contributed by atoms with van der Waals surface area (Å²) >= 11 is 0. The quantitative estimate of drug-likeness (QED) is 0.275. The van der Waals surface area contributed by atoms with Crippen molar-refractivity contribution in [1.82, 2.24) is 0 Å². The van der Waals surface area contributed by atoms with Crippen molar-refractivity contribution >= 4 is 23.1 Å². The topological polar surface area (TPSA) is 66.8 Å². The maximum Gasteiger partial charge on any atom is 0.300 e. The Hall–Kier alpha value is -3.86. The Labute approximate surface area is 200 Å². The summed E-state index contributed by atoms with van der Waals surface area (Å²) in [4.78, 5) is 28.1. The molecule has 0 radical (unpaired) electrons. The molecule has 1 saturated heterocycles. The molecule has 5 nitrogen and oxygen atoms in total. The number of Topliss-reactive ketones (excluding diaryl/α,β-unsaturated/α-hetero) is 1. The molecule has 1 fully saturated rings. The van der Waals surface area contributed by atoms with Crippen LogP contribution in [0.1, 0.15) is 55.0 Å². The van der Waals surface area contributed by atoms with Crippen LogP contribution in [0.4, 0.5) is 5.69 Å². The smallest absolute Gasteiger partial charge is 0.300 e. The van der Waals surface area contributed by atoms with Crippen LogP contribution in [0.15, 0.2) is 78.4 Å². The molecule has 1 heterocycles. The van der Waals surface area contributed by atoms with Crippen LogP contribution in [0.3, 0.4) is 0 Å². The van der Waals surface area contributed by atoms with Gasteiger partial charge in [0.2, 0.25) is 0 Å². The molecule has 1 amide bonds. The van der Waals surface area contributed by atoms with E-state index >= 15 is 0 Å². The van der Waals surface area contributed by atoms with E-state index in [1.807, 2.05) is 56.3 Å². The van der Waals surface area contributed by atoms with Gasteiger partial charge in [0.05, 0.1) is 18.2 Å². The van der Waals surface area contributed by atoms with Crippen molar-refractivity contribution < 1.29 is 19.4 Å². The highest BCUT2D eigenvalue weighted by molar-refractivity contribution is 6.51. The summed E-state index contributed by atoms with van der Waals surface area (Å²) in [5, 5.41) is 11.2. The summed E-state index contributed by atoms with van der Waals surface area (Å²) in [6.07, 6.45) is 0. The second-order valence-corrected chi connectivity index (χ2v) is 8.79. The number of aliphatic hydroxyl groups is 1. The fourth-order valence-electron chi connectivity index (χ4n) is 4.23. The zero-order valence-electron chi connectivity index (χ0n) is 19.9. The van der Waals surface area contributed by atoms with Gasteiger partial charge >= 0.3 is 0 Å². The number of nitrogens with zero attached hydrogens (tertiary/aromatic N) is 1. The molecule has 0 bridgehead atoms. The maximum atomic E-state index is 13.3. The van der Waals surface area contributed by atoms with Crippen LogP contribution in [-0.2, 0) is 9.59 Å². The molecule has 5 heteroatoms. The van der Waals surface area contributed by atoms with Gasteiger partial charge < -0.3 is 9.84 Å². The van der Waals surface area contributed by atoms with E-state index in [4.69, 9.17) is 4.74 Å². The van der Waals surface area contributed by atoms with E-state index in [9.17, 15) is 14.7 Å². The highest BCUT2D eigenvalue weighted by Gasteiger charge is 2.47. The Morgan fingerprint density at radius 2 is 1.68 bits per heavy atom. The van der Waals surface area contributed by atoms with Crippen molar-refractivity contribution in [1.29, 1.82) is 0 Å². The molecule has 1 unspecified atom stereocenters. The number of carbonyl (C=O) groups excluding carboxylic acids is 2. The van der Waals surface area contributed by atoms with Gasteiger partial charge in [-0.05, 0) is 43.0 Å². The molecule has 3 aromatic rings. The molecule has 1 atom stereocenters. The third-order valence-corrected chi connectivity index (χ3v) is 6.10. The first kappa shape index (κ1) is 23.3. The average molecular weight is 456 g/mol. The summed E-state index contributed by atoms with van der Waals surface area (Å²) in [7, 11) is 0. The fourth-order valence-corrected chi connectivity index (χ4v) is 4.23. The summed E-state index contributed by atoms with van der Waals surface area (Å²) in [5.41, 5.74) is 4.04. The van der Waals surface area contributed by atoms with Crippen molar-refractivity contribution in [3.63, 3.8) is 0 Å². The van der Waals surface area contributed by atoms with Crippen molar-refractivity contribution in [2.24, 2.45) is 0 Å². The third kappa shape index (κ3) is 4.34. The first-order valence-electron chi connectivity index (χ1n) is 11.5. The molecule has 3 aromatic carbocycles. The molecule has 34 heavy (non-hydrogen) atoms. The highest BCUT2D eigenvalue weighted by Crippen LogP contribution is 2.43. The highest BCUT2D eigenvalue weighted by atomic mass is 16.5. The van der Waals surface area contributed by atoms with Gasteiger partial charge in [0.15, 0.2) is 0 Å². The summed E-state index contributed by atoms with van der Waals surface area (Å²) in [6, 6.07) is 21.4. The van der Waals surface area contributed by atoms with E-state index in [1.54, 1.807) is 30.3 Å². The van der Waals surface area contributed by atoms with E-state index in [0.29, 0.717) is 29.5 Å². The number of amides is 1. The number of hydrogen-bond donors (Lipinski definition) is 1. The second kappa shape index (κ2) is 9.56. The number of aryl methyl sites for hydroxylation is 1. The van der Waals surface area contributed by atoms with E-state index in [-0.39, 0.29) is 11.3 Å². The monoisotopic (exact) mass is 455 g/mol. The molecule has 174 valence electrons. The predicted octanol–water partition coefficient (Wildman–Crippen LogP) is 6.14. The minimum atomic E-state index is -0.764. The number of hydrogen-bond acceptors (Lipinski definition) is 4. The summed E-state index contributed by atoms with van der Waals surface area (Å²) in [6.45, 7) is 8.53. The Morgan fingerprint density at radius 1 is 1.00 bits per heavy atom. The van der Waals surface area contributed by atoms with Crippen LogP contribution in [0.2, 0.25) is 0 Å². The zero-order chi connectivity index (χ0) is 24.4. The number of ketones is 1. The lowest BCUT2D eigenvalue weighted by Crippen LogP contribution is -2.29. The molecule has 4 rings (SSSR count). The van der Waals surface area contributed by atoms with Crippen molar-refractivity contribution in [2.45, 2.75) is 39.7 Å². The SMILES string of the molecule is CCOc1cccc(N2C(=O)C(=O)/C(=C(/O)c3ccc(C)cc3)C2c2ccc(C(C)C)cc2)c1. The van der Waals surface area contributed by atoms with Crippen LogP contribution < -0.4 is 9.64 Å². The summed E-state index contributed by atoms with van der Waals surface area (Å²) < 4.78 is 5.62. The Morgan fingerprint density at radius 3 is 2.29 bits per heavy atom. The lowest BCUT2D eigenvalue weighted by molar-refractivity contribution is -0.132. The van der Waals surface area contributed by atoms with Crippen molar-refractivity contribution in [3.05, 3.63) is 101 Å². The molecule has 1 aliphatic heterocycles. The Balaban J connectivity index is 1.91. The zero-order valence-corrected chi connectivity index (χ0v) is 19.9. The molecular weight excluding hydrogens is 426 g/mol. The van der Waals surface area contributed by atoms with Crippen LogP contribution >= 0.6 is 0 Å². The van der Waals surface area contributed by atoms with Gasteiger partial charge in [0, 0.05) is 17.3 Å². The lowest BCUT2D eigenvalue weighted by atomic mass is 9.93. The van der Waals surface area contributed by atoms with Crippen molar-refractivity contribution in [3.8, 4) is 5.75 Å². The lowest BCUT2D eigenvalue weighted by Gasteiger charge is -2.26. The first-order valence-corrected chi connectivity index (χ1v) is 11.5. The third-order valence-electron chi connectivity index (χ3n) is 6.10. The van der Waals surface area contributed by atoms with E-state index in [1.165, 1.54) is 4.90 Å². The van der Waals surface area contributed by atoms with Gasteiger partial charge in [0.25, 0.3) is 11.7 Å². The van der Waals surface area contributed by atoms with E-state index in [2.05, 4.69) is 13.8 Å². The van der Waals surface area contributed by atoms with Gasteiger partial charge in [0.1, 0.15) is 11.5 Å². The average Bonchev–Trinajstić information content (AvgIpc) is 3.10. The number of ether oxygens (including phenoxy) is 1. The molecule has 1 N–H and O–H groups in total. The molecule has 0 spiro atoms. The van der Waals surface area contributed by atoms with Gasteiger partial charge in [-0.3, -0.25) is 14.5 Å². The fraction of sp³-hybridized carbons (Fsp3) is 0.241. The standard InChI is InChI=1S/C29H29NO4/c1-5-34-24-8-6-7-23(17-24)30-26(21-15-13-20(14-16-21)18(2)3)25(28(32)29(30)33)27(31)22-11-9-19(4)10-12-22/h6-18,26,31H,5H2,1-4H3/b27-25+. The Bertz CT molecular complexity index is 1240. The van der Waals surface area contributed by atoms with Gasteiger partial charge in [-0.1, -0.05) is 74.0 Å². The van der Waals surface area contributed by atoms with Gasteiger partial charge in [-0.25, -0.2) is 0 Å². The number of aliphatic hydroxyl groups excluding tert-OH is 1.